The smallest absolute Gasteiger partial charge is 0.246 e. The predicted molar refractivity (Wildman–Crippen MR) is 153 cm³/mol. The van der Waals surface area contributed by atoms with Crippen LogP contribution in [0.2, 0.25) is 0 Å². The van der Waals surface area contributed by atoms with Crippen LogP contribution >= 0.6 is 0 Å². The second-order valence-electron chi connectivity index (χ2n) is 10.1. The van der Waals surface area contributed by atoms with Crippen molar-refractivity contribution in [2.75, 3.05) is 72.3 Å². The Hall–Kier alpha value is -3.36. The van der Waals surface area contributed by atoms with E-state index < -0.39 is 0 Å². The molecule has 1 aromatic heterocycles. The van der Waals surface area contributed by atoms with Crippen molar-refractivity contribution in [3.8, 4) is 5.75 Å². The van der Waals surface area contributed by atoms with Gasteiger partial charge < -0.3 is 24.4 Å². The zero-order valence-electron chi connectivity index (χ0n) is 23.0. The van der Waals surface area contributed by atoms with Crippen LogP contribution in [0.3, 0.4) is 0 Å². The van der Waals surface area contributed by atoms with Crippen LogP contribution in [0.4, 0.5) is 10.1 Å². The van der Waals surface area contributed by atoms with E-state index in [2.05, 4.69) is 52.8 Å². The minimum Gasteiger partial charge on any atom is -0.497 e. The monoisotopic (exact) mass is 521 g/mol. The highest BCUT2D eigenvalue weighted by Crippen LogP contribution is 2.30. The van der Waals surface area contributed by atoms with Crippen LogP contribution in [-0.4, -0.2) is 92.2 Å². The number of carbonyl (C=O) groups is 1. The van der Waals surface area contributed by atoms with Crippen LogP contribution in [0.5, 0.6) is 5.75 Å². The fourth-order valence-electron chi connectivity index (χ4n) is 5.04. The van der Waals surface area contributed by atoms with E-state index in [0.29, 0.717) is 13.1 Å². The third-order valence-corrected chi connectivity index (χ3v) is 7.24. The first-order chi connectivity index (χ1) is 18.4. The Morgan fingerprint density at radius 3 is 2.50 bits per heavy atom. The maximum absolute atomic E-state index is 13.1. The quantitative estimate of drug-likeness (QED) is 0.381. The standard InChI is InChI=1S/C30H40FN5O2/c1-23-27(28-22-26(38-4)10-12-29(28)36(23)16-5-15-33(2)3)11-13-30(37)35-20-18-34(19-21-35)17-14-32-25-8-6-24(31)7-9-25/h6-13,22,32H,5,14-21H2,1-4H3. The summed E-state index contributed by atoms with van der Waals surface area (Å²) in [6.45, 7) is 8.82. The van der Waals surface area contributed by atoms with Crippen LogP contribution in [0, 0.1) is 12.7 Å². The summed E-state index contributed by atoms with van der Waals surface area (Å²) in [5, 5.41) is 4.43. The largest absolute Gasteiger partial charge is 0.497 e. The molecule has 0 spiro atoms. The van der Waals surface area contributed by atoms with Gasteiger partial charge in [0.25, 0.3) is 0 Å². The van der Waals surface area contributed by atoms with E-state index in [0.717, 1.165) is 79.3 Å². The number of piperazine rings is 1. The number of nitrogens with one attached hydrogen (secondary N) is 1. The van der Waals surface area contributed by atoms with E-state index in [-0.39, 0.29) is 11.7 Å². The van der Waals surface area contributed by atoms with Gasteiger partial charge in [-0.25, -0.2) is 4.39 Å². The Kier molecular flexibility index (Phi) is 9.42. The highest BCUT2D eigenvalue weighted by Gasteiger charge is 2.20. The summed E-state index contributed by atoms with van der Waals surface area (Å²) in [6, 6.07) is 12.6. The van der Waals surface area contributed by atoms with Gasteiger partial charge in [-0.05, 0) is 82.5 Å². The minimum absolute atomic E-state index is 0.0462. The lowest BCUT2D eigenvalue weighted by molar-refractivity contribution is -0.127. The molecule has 0 bridgehead atoms. The molecule has 0 unspecified atom stereocenters. The topological polar surface area (TPSA) is 53.0 Å². The number of fused-ring (bicyclic) bond motifs is 1. The Bertz CT molecular complexity index is 1240. The molecule has 0 atom stereocenters. The van der Waals surface area contributed by atoms with E-state index in [1.165, 1.54) is 12.1 Å². The van der Waals surface area contributed by atoms with Gasteiger partial charge in [-0.15, -0.1) is 0 Å². The zero-order valence-corrected chi connectivity index (χ0v) is 23.0. The van der Waals surface area contributed by atoms with Gasteiger partial charge in [-0.2, -0.15) is 0 Å². The summed E-state index contributed by atoms with van der Waals surface area (Å²) in [5.41, 5.74) is 4.31. The molecule has 0 radical (unpaired) electrons. The average molecular weight is 522 g/mol. The van der Waals surface area contributed by atoms with Crippen molar-refractivity contribution in [3.63, 3.8) is 0 Å². The van der Waals surface area contributed by atoms with Crippen LogP contribution < -0.4 is 10.1 Å². The normalized spacial score (nSPS) is 14.6. The van der Waals surface area contributed by atoms with Crippen LogP contribution in [0.1, 0.15) is 17.7 Å². The van der Waals surface area contributed by atoms with Crippen LogP contribution in [-0.2, 0) is 11.3 Å². The molecule has 0 saturated carbocycles. The Morgan fingerprint density at radius 1 is 1.08 bits per heavy atom. The predicted octanol–water partition coefficient (Wildman–Crippen LogP) is 4.32. The molecule has 1 aliphatic rings. The maximum atomic E-state index is 13.1. The molecular weight excluding hydrogens is 481 g/mol. The molecule has 38 heavy (non-hydrogen) atoms. The molecule has 1 aliphatic heterocycles. The number of aromatic nitrogens is 1. The summed E-state index contributed by atoms with van der Waals surface area (Å²) in [5.74, 6) is 0.630. The van der Waals surface area contributed by atoms with Gasteiger partial charge in [0.1, 0.15) is 11.6 Å². The van der Waals surface area contributed by atoms with Crippen molar-refractivity contribution in [1.82, 2.24) is 19.3 Å². The van der Waals surface area contributed by atoms with Gasteiger partial charge in [-0.1, -0.05) is 0 Å². The number of amides is 1. The molecule has 1 amide bonds. The van der Waals surface area contributed by atoms with E-state index in [1.807, 2.05) is 17.0 Å². The summed E-state index contributed by atoms with van der Waals surface area (Å²) in [6.07, 6.45) is 4.74. The molecule has 1 saturated heterocycles. The maximum Gasteiger partial charge on any atom is 0.246 e. The number of nitrogens with zero attached hydrogens (tertiary/aromatic N) is 4. The van der Waals surface area contributed by atoms with Crippen molar-refractivity contribution >= 4 is 28.6 Å². The third-order valence-electron chi connectivity index (χ3n) is 7.24. The van der Waals surface area contributed by atoms with Crippen LogP contribution in [0.15, 0.2) is 48.5 Å². The molecule has 3 aromatic rings. The molecule has 2 heterocycles. The van der Waals surface area contributed by atoms with E-state index in [1.54, 1.807) is 25.3 Å². The Labute approximate surface area is 225 Å². The minimum atomic E-state index is -0.231. The van der Waals surface area contributed by atoms with E-state index in [4.69, 9.17) is 4.74 Å². The van der Waals surface area contributed by atoms with Gasteiger partial charge in [0.05, 0.1) is 7.11 Å². The summed E-state index contributed by atoms with van der Waals surface area (Å²) < 4.78 is 20.9. The fraction of sp³-hybridized carbons (Fsp3) is 0.433. The fourth-order valence-corrected chi connectivity index (χ4v) is 5.04. The first-order valence-corrected chi connectivity index (χ1v) is 13.4. The molecule has 4 rings (SSSR count). The van der Waals surface area contributed by atoms with E-state index in [9.17, 15) is 9.18 Å². The molecule has 1 N–H and O–H groups in total. The molecule has 7 nitrogen and oxygen atoms in total. The van der Waals surface area contributed by atoms with Gasteiger partial charge in [0.2, 0.25) is 5.91 Å². The van der Waals surface area contributed by atoms with Crippen molar-refractivity contribution < 1.29 is 13.9 Å². The highest BCUT2D eigenvalue weighted by molar-refractivity contribution is 5.98. The molecule has 204 valence electrons. The lowest BCUT2D eigenvalue weighted by atomic mass is 10.1. The SMILES string of the molecule is COc1ccc2c(c1)c(C=CC(=O)N1CCN(CCNc3ccc(F)cc3)CC1)c(C)n2CCCN(C)C. The summed E-state index contributed by atoms with van der Waals surface area (Å²) >= 11 is 0. The van der Waals surface area contributed by atoms with Crippen molar-refractivity contribution in [1.29, 1.82) is 0 Å². The number of halogens is 1. The lowest BCUT2D eigenvalue weighted by Gasteiger charge is -2.34. The summed E-state index contributed by atoms with van der Waals surface area (Å²) in [4.78, 5) is 19.5. The number of hydrogen-bond acceptors (Lipinski definition) is 5. The molecule has 0 aliphatic carbocycles. The molecular formula is C30H40FN5O2. The number of anilines is 1. The second-order valence-corrected chi connectivity index (χ2v) is 10.1. The first kappa shape index (κ1) is 27.7. The zero-order chi connectivity index (χ0) is 27.1. The third kappa shape index (κ3) is 6.94. The summed E-state index contributed by atoms with van der Waals surface area (Å²) in [7, 11) is 5.87. The highest BCUT2D eigenvalue weighted by atomic mass is 19.1. The second kappa shape index (κ2) is 12.9. The van der Waals surface area contributed by atoms with E-state index >= 15 is 0 Å². The number of aryl methyl sites for hydroxylation is 1. The number of rotatable bonds is 11. The molecule has 1 fully saturated rings. The van der Waals surface area contributed by atoms with Crippen molar-refractivity contribution in [2.24, 2.45) is 0 Å². The number of methoxy groups -OCH3 is 1. The Morgan fingerprint density at radius 2 is 1.82 bits per heavy atom. The average Bonchev–Trinajstić information content (AvgIpc) is 3.18. The van der Waals surface area contributed by atoms with Crippen LogP contribution in [0.25, 0.3) is 17.0 Å². The Balaban J connectivity index is 1.36. The number of ether oxygens (including phenoxy) is 1. The van der Waals surface area contributed by atoms with Gasteiger partial charge in [-0.3, -0.25) is 9.69 Å². The van der Waals surface area contributed by atoms with Gasteiger partial charge in [0, 0.05) is 79.7 Å². The number of hydrogen-bond donors (Lipinski definition) is 1. The molecule has 2 aromatic carbocycles. The number of benzene rings is 2. The van der Waals surface area contributed by atoms with Gasteiger partial charge in [0.15, 0.2) is 0 Å². The van der Waals surface area contributed by atoms with Gasteiger partial charge >= 0.3 is 0 Å². The first-order valence-electron chi connectivity index (χ1n) is 13.4. The lowest BCUT2D eigenvalue weighted by Crippen LogP contribution is -2.49. The molecule has 8 heteroatoms. The van der Waals surface area contributed by atoms with Crippen molar-refractivity contribution in [2.45, 2.75) is 19.9 Å². The van der Waals surface area contributed by atoms with Crippen molar-refractivity contribution in [3.05, 3.63) is 65.6 Å². The number of carbonyl (C=O) groups excluding carboxylic acids is 1.